The first-order valence-corrected chi connectivity index (χ1v) is 8.09. The number of nitro benzene ring substituents is 1. The van der Waals surface area contributed by atoms with Crippen LogP contribution in [0.4, 0.5) is 5.69 Å². The fourth-order valence-corrected chi connectivity index (χ4v) is 3.29. The summed E-state index contributed by atoms with van der Waals surface area (Å²) < 4.78 is 0. The van der Waals surface area contributed by atoms with Gasteiger partial charge in [0.2, 0.25) is 0 Å². The van der Waals surface area contributed by atoms with Crippen LogP contribution in [0.2, 0.25) is 0 Å². The van der Waals surface area contributed by atoms with E-state index in [2.05, 4.69) is 32.0 Å². The first kappa shape index (κ1) is 15.3. The van der Waals surface area contributed by atoms with Crippen LogP contribution in [-0.4, -0.2) is 9.91 Å². The van der Waals surface area contributed by atoms with Gasteiger partial charge in [0.25, 0.3) is 5.69 Å². The van der Waals surface area contributed by atoms with E-state index in [0.717, 1.165) is 44.1 Å². The van der Waals surface area contributed by atoms with Crippen molar-refractivity contribution >= 4 is 27.5 Å². The van der Waals surface area contributed by atoms with Gasteiger partial charge in [-0.2, -0.15) is 0 Å². The van der Waals surface area contributed by atoms with Crippen molar-refractivity contribution in [1.82, 2.24) is 4.98 Å². The van der Waals surface area contributed by atoms with Crippen LogP contribution in [0, 0.1) is 24.0 Å². The highest BCUT2D eigenvalue weighted by Gasteiger charge is 2.16. The summed E-state index contributed by atoms with van der Waals surface area (Å²) in [4.78, 5) is 15.6. The lowest BCUT2D eigenvalue weighted by Crippen LogP contribution is -1.94. The fraction of sp³-hybridized carbons (Fsp3) is 0.0952. The lowest BCUT2D eigenvalue weighted by molar-refractivity contribution is -0.384. The van der Waals surface area contributed by atoms with Gasteiger partial charge in [0, 0.05) is 28.5 Å². The molecule has 0 N–H and O–H groups in total. The molecule has 4 nitrogen and oxygen atoms in total. The van der Waals surface area contributed by atoms with E-state index < -0.39 is 0 Å². The minimum absolute atomic E-state index is 0.0798. The van der Waals surface area contributed by atoms with E-state index in [9.17, 15) is 10.1 Å². The molecule has 4 aromatic rings. The van der Waals surface area contributed by atoms with Gasteiger partial charge in [-0.1, -0.05) is 42.0 Å². The number of hydrogen-bond donors (Lipinski definition) is 0. The maximum atomic E-state index is 11.3. The third-order valence-electron chi connectivity index (χ3n) is 4.54. The number of fused-ring (bicyclic) bond motifs is 2. The summed E-state index contributed by atoms with van der Waals surface area (Å²) in [5.41, 5.74) is 6.11. The molecular formula is C21H16N2O2. The highest BCUT2D eigenvalue weighted by molar-refractivity contribution is 6.10. The van der Waals surface area contributed by atoms with Crippen molar-refractivity contribution in [2.24, 2.45) is 0 Å². The van der Waals surface area contributed by atoms with E-state index in [4.69, 9.17) is 4.98 Å². The predicted molar refractivity (Wildman–Crippen MR) is 101 cm³/mol. The highest BCUT2D eigenvalue weighted by Crippen LogP contribution is 2.38. The van der Waals surface area contributed by atoms with Crippen molar-refractivity contribution in [2.75, 3.05) is 0 Å². The molecule has 0 saturated heterocycles. The van der Waals surface area contributed by atoms with Crippen LogP contribution in [0.15, 0.2) is 60.7 Å². The van der Waals surface area contributed by atoms with Crippen LogP contribution >= 0.6 is 0 Å². The molecule has 0 amide bonds. The summed E-state index contributed by atoms with van der Waals surface area (Å²) >= 11 is 0. The minimum Gasteiger partial charge on any atom is -0.258 e. The van der Waals surface area contributed by atoms with Gasteiger partial charge in [-0.25, -0.2) is 4.98 Å². The van der Waals surface area contributed by atoms with E-state index in [1.54, 1.807) is 12.1 Å². The summed E-state index contributed by atoms with van der Waals surface area (Å²) in [5.74, 6) is 0. The summed E-state index contributed by atoms with van der Waals surface area (Å²) in [6.45, 7) is 4.12. The van der Waals surface area contributed by atoms with E-state index in [-0.39, 0.29) is 10.6 Å². The minimum atomic E-state index is -0.360. The van der Waals surface area contributed by atoms with E-state index >= 15 is 0 Å². The number of benzene rings is 3. The van der Waals surface area contributed by atoms with Gasteiger partial charge >= 0.3 is 0 Å². The van der Waals surface area contributed by atoms with Gasteiger partial charge in [0.15, 0.2) is 0 Å². The van der Waals surface area contributed by atoms with Crippen LogP contribution < -0.4 is 0 Å². The molecule has 0 spiro atoms. The van der Waals surface area contributed by atoms with Crippen LogP contribution in [-0.2, 0) is 0 Å². The molecule has 4 rings (SSSR count). The number of nitro groups is 1. The molecule has 1 aromatic heterocycles. The van der Waals surface area contributed by atoms with Crippen molar-refractivity contribution in [1.29, 1.82) is 0 Å². The first-order chi connectivity index (χ1) is 12.0. The van der Waals surface area contributed by atoms with Gasteiger partial charge in [-0.05, 0) is 37.1 Å². The molecule has 0 atom stereocenters. The Kier molecular flexibility index (Phi) is 3.46. The molecule has 0 radical (unpaired) electrons. The number of non-ortho nitro benzene ring substituents is 1. The predicted octanol–water partition coefficient (Wildman–Crippen LogP) is 5.58. The standard InChI is InChI=1S/C21H16N2O2/c1-13-7-8-14(2)17(11-13)21-16-5-3-4-6-19(16)22-20-10-9-15(23(24)25)12-18(20)21/h3-12H,1-2H3. The van der Waals surface area contributed by atoms with Crippen molar-refractivity contribution in [3.63, 3.8) is 0 Å². The Balaban J connectivity index is 2.22. The topological polar surface area (TPSA) is 56.0 Å². The van der Waals surface area contributed by atoms with Crippen molar-refractivity contribution in [3.8, 4) is 11.1 Å². The van der Waals surface area contributed by atoms with Gasteiger partial charge in [-0.3, -0.25) is 10.1 Å². The Bertz CT molecular complexity index is 1150. The zero-order chi connectivity index (χ0) is 17.6. The number of para-hydroxylation sites is 1. The molecule has 3 aromatic carbocycles. The average Bonchev–Trinajstić information content (AvgIpc) is 2.61. The maximum Gasteiger partial charge on any atom is 0.270 e. The Hall–Kier alpha value is -3.27. The molecule has 4 heteroatoms. The van der Waals surface area contributed by atoms with E-state index in [1.807, 2.05) is 24.3 Å². The van der Waals surface area contributed by atoms with Crippen molar-refractivity contribution in [2.45, 2.75) is 13.8 Å². The SMILES string of the molecule is Cc1ccc(C)c(-c2c3ccccc3nc3ccc([N+](=O)[O-])cc23)c1. The third kappa shape index (κ3) is 2.52. The highest BCUT2D eigenvalue weighted by atomic mass is 16.6. The van der Waals surface area contributed by atoms with Crippen LogP contribution in [0.25, 0.3) is 32.9 Å². The Morgan fingerprint density at radius 1 is 0.880 bits per heavy atom. The fourth-order valence-electron chi connectivity index (χ4n) is 3.29. The second-order valence-electron chi connectivity index (χ2n) is 6.28. The summed E-state index contributed by atoms with van der Waals surface area (Å²) in [7, 11) is 0. The van der Waals surface area contributed by atoms with Gasteiger partial charge in [-0.15, -0.1) is 0 Å². The maximum absolute atomic E-state index is 11.3. The van der Waals surface area contributed by atoms with Crippen molar-refractivity contribution in [3.05, 3.63) is 81.9 Å². The Labute approximate surface area is 144 Å². The molecular weight excluding hydrogens is 312 g/mol. The molecule has 25 heavy (non-hydrogen) atoms. The third-order valence-corrected chi connectivity index (χ3v) is 4.54. The molecule has 0 aliphatic heterocycles. The van der Waals surface area contributed by atoms with Gasteiger partial charge in [0.05, 0.1) is 16.0 Å². The number of nitrogens with zero attached hydrogens (tertiary/aromatic N) is 2. The molecule has 122 valence electrons. The molecule has 0 aliphatic rings. The lowest BCUT2D eigenvalue weighted by atomic mass is 9.92. The number of hydrogen-bond acceptors (Lipinski definition) is 3. The first-order valence-electron chi connectivity index (χ1n) is 8.09. The summed E-state index contributed by atoms with van der Waals surface area (Å²) in [6, 6.07) is 19.1. The number of aromatic nitrogens is 1. The molecule has 0 bridgehead atoms. The van der Waals surface area contributed by atoms with E-state index in [0.29, 0.717) is 0 Å². The number of pyridine rings is 1. The second kappa shape index (κ2) is 5.67. The number of rotatable bonds is 2. The Morgan fingerprint density at radius 2 is 1.64 bits per heavy atom. The average molecular weight is 328 g/mol. The second-order valence-corrected chi connectivity index (χ2v) is 6.28. The van der Waals surface area contributed by atoms with Crippen LogP contribution in [0.5, 0.6) is 0 Å². The van der Waals surface area contributed by atoms with Crippen LogP contribution in [0.1, 0.15) is 11.1 Å². The summed E-state index contributed by atoms with van der Waals surface area (Å²) in [5, 5.41) is 13.1. The number of aryl methyl sites for hydroxylation is 2. The van der Waals surface area contributed by atoms with Crippen molar-refractivity contribution < 1.29 is 4.92 Å². The molecule has 0 fully saturated rings. The monoisotopic (exact) mass is 328 g/mol. The normalized spacial score (nSPS) is 11.1. The largest absolute Gasteiger partial charge is 0.270 e. The lowest BCUT2D eigenvalue weighted by Gasteiger charge is -2.14. The van der Waals surface area contributed by atoms with Gasteiger partial charge in [0.1, 0.15) is 0 Å². The molecule has 1 heterocycles. The smallest absolute Gasteiger partial charge is 0.258 e. The summed E-state index contributed by atoms with van der Waals surface area (Å²) in [6.07, 6.45) is 0. The van der Waals surface area contributed by atoms with E-state index in [1.165, 1.54) is 6.07 Å². The Morgan fingerprint density at radius 3 is 2.44 bits per heavy atom. The molecule has 0 aliphatic carbocycles. The zero-order valence-corrected chi connectivity index (χ0v) is 14.0. The molecule has 0 unspecified atom stereocenters. The zero-order valence-electron chi connectivity index (χ0n) is 14.0. The quantitative estimate of drug-likeness (QED) is 0.274. The van der Waals surface area contributed by atoms with Gasteiger partial charge < -0.3 is 0 Å². The molecule has 0 saturated carbocycles. The van der Waals surface area contributed by atoms with Crippen LogP contribution in [0.3, 0.4) is 0 Å².